The molecule has 39 heavy (non-hydrogen) atoms. The second-order valence-corrected chi connectivity index (χ2v) is 11.6. The molecule has 1 saturated heterocycles. The summed E-state index contributed by atoms with van der Waals surface area (Å²) in [6.45, 7) is 5.39. The SMILES string of the molecule is Cc1ccc(C(=O)C2CCN(CCCOc3ccc(C4(C#N)Sc5ccccc5N(C)C4=O)cc3)CC2)cc1. The van der Waals surface area contributed by atoms with Gasteiger partial charge in [-0.25, -0.2) is 0 Å². The summed E-state index contributed by atoms with van der Waals surface area (Å²) in [5, 5.41) is 10.1. The smallest absolute Gasteiger partial charge is 0.262 e. The van der Waals surface area contributed by atoms with Gasteiger partial charge in [0.05, 0.1) is 18.4 Å². The topological polar surface area (TPSA) is 73.6 Å². The Morgan fingerprint density at radius 1 is 1.05 bits per heavy atom. The van der Waals surface area contributed by atoms with E-state index in [9.17, 15) is 14.9 Å². The van der Waals surface area contributed by atoms with Gasteiger partial charge in [0.25, 0.3) is 5.91 Å². The van der Waals surface area contributed by atoms with Crippen LogP contribution in [0.2, 0.25) is 0 Å². The quantitative estimate of drug-likeness (QED) is 0.264. The summed E-state index contributed by atoms with van der Waals surface area (Å²) < 4.78 is 4.65. The average Bonchev–Trinajstić information content (AvgIpc) is 2.98. The molecule has 200 valence electrons. The third kappa shape index (κ3) is 5.59. The van der Waals surface area contributed by atoms with Crippen LogP contribution >= 0.6 is 11.8 Å². The van der Waals surface area contributed by atoms with Gasteiger partial charge in [0, 0.05) is 30.0 Å². The van der Waals surface area contributed by atoms with E-state index < -0.39 is 4.75 Å². The van der Waals surface area contributed by atoms with Crippen LogP contribution in [0.5, 0.6) is 5.75 Å². The van der Waals surface area contributed by atoms with Gasteiger partial charge in [0.1, 0.15) is 5.75 Å². The highest BCUT2D eigenvalue weighted by atomic mass is 32.2. The number of benzene rings is 3. The van der Waals surface area contributed by atoms with E-state index >= 15 is 0 Å². The molecule has 3 aromatic carbocycles. The molecule has 5 rings (SSSR count). The molecule has 6 nitrogen and oxygen atoms in total. The number of ketones is 1. The number of likely N-dealkylation sites (tertiary alicyclic amines) is 1. The third-order valence-electron chi connectivity index (χ3n) is 7.70. The monoisotopic (exact) mass is 539 g/mol. The Morgan fingerprint density at radius 3 is 2.44 bits per heavy atom. The number of hydrogen-bond donors (Lipinski definition) is 0. The van der Waals surface area contributed by atoms with Gasteiger partial charge in [-0.05, 0) is 69.1 Å². The lowest BCUT2D eigenvalue weighted by molar-refractivity contribution is -0.119. The maximum absolute atomic E-state index is 13.3. The second-order valence-electron chi connectivity index (χ2n) is 10.3. The minimum atomic E-state index is -1.32. The van der Waals surface area contributed by atoms with Crippen LogP contribution < -0.4 is 9.64 Å². The fraction of sp³-hybridized carbons (Fsp3) is 0.344. The summed E-state index contributed by atoms with van der Waals surface area (Å²) >= 11 is 1.29. The zero-order chi connectivity index (χ0) is 27.4. The number of anilines is 1. The van der Waals surface area contributed by atoms with Crippen molar-refractivity contribution in [2.75, 3.05) is 38.2 Å². The molecule has 7 heteroatoms. The van der Waals surface area contributed by atoms with E-state index in [0.717, 1.165) is 60.8 Å². The lowest BCUT2D eigenvalue weighted by Gasteiger charge is -2.36. The number of thioether (sulfide) groups is 1. The molecule has 0 radical (unpaired) electrons. The number of hydrogen-bond acceptors (Lipinski definition) is 6. The Labute approximate surface area is 234 Å². The van der Waals surface area contributed by atoms with Crippen molar-refractivity contribution >= 4 is 29.1 Å². The molecular formula is C32H33N3O3S. The van der Waals surface area contributed by atoms with E-state index in [-0.39, 0.29) is 17.6 Å². The Hall–Kier alpha value is -3.60. The summed E-state index contributed by atoms with van der Waals surface area (Å²) in [6.07, 6.45) is 2.68. The van der Waals surface area contributed by atoms with Gasteiger partial charge in [0.2, 0.25) is 4.75 Å². The zero-order valence-electron chi connectivity index (χ0n) is 22.4. The van der Waals surface area contributed by atoms with E-state index in [4.69, 9.17) is 4.74 Å². The first kappa shape index (κ1) is 27.0. The van der Waals surface area contributed by atoms with Crippen LogP contribution in [-0.4, -0.2) is 49.9 Å². The van der Waals surface area contributed by atoms with Crippen LogP contribution in [0.15, 0.2) is 77.7 Å². The number of nitriles is 1. The summed E-state index contributed by atoms with van der Waals surface area (Å²) in [6, 6.07) is 25.1. The number of amides is 1. The van der Waals surface area contributed by atoms with Crippen LogP contribution in [0.4, 0.5) is 5.69 Å². The van der Waals surface area contributed by atoms with Crippen molar-refractivity contribution in [2.24, 2.45) is 5.92 Å². The number of carbonyl (C=O) groups is 2. The summed E-state index contributed by atoms with van der Waals surface area (Å²) in [5.74, 6) is 0.852. The molecule has 0 bridgehead atoms. The van der Waals surface area contributed by atoms with Crippen LogP contribution in [0.25, 0.3) is 0 Å². The number of fused-ring (bicyclic) bond motifs is 1. The largest absolute Gasteiger partial charge is 0.494 e. The standard InChI is InChI=1S/C32H33N3O3S/c1-23-8-10-24(11-9-23)30(36)25-16-19-35(20-17-25)18-5-21-38-27-14-12-26(13-15-27)32(22-33)31(37)34(2)28-6-3-4-7-29(28)39-32/h3-4,6-15,25H,5,16-21H2,1-2H3. The molecule has 0 N–H and O–H groups in total. The molecule has 2 aliphatic heterocycles. The number of carbonyl (C=O) groups excluding carboxylic acids is 2. The first-order chi connectivity index (χ1) is 18.9. The van der Waals surface area contributed by atoms with Gasteiger partial charge in [-0.3, -0.25) is 9.59 Å². The molecule has 0 saturated carbocycles. The molecule has 0 aliphatic carbocycles. The molecule has 2 heterocycles. The molecular weight excluding hydrogens is 506 g/mol. The molecule has 1 atom stereocenters. The Morgan fingerprint density at radius 2 is 1.74 bits per heavy atom. The van der Waals surface area contributed by atoms with Gasteiger partial charge >= 0.3 is 0 Å². The molecule has 1 unspecified atom stereocenters. The van der Waals surface area contributed by atoms with Crippen molar-refractivity contribution < 1.29 is 14.3 Å². The predicted molar refractivity (Wildman–Crippen MR) is 154 cm³/mol. The molecule has 0 aromatic heterocycles. The lowest BCUT2D eigenvalue weighted by atomic mass is 9.88. The van der Waals surface area contributed by atoms with Gasteiger partial charge in [-0.2, -0.15) is 5.26 Å². The minimum absolute atomic E-state index is 0.109. The number of aryl methyl sites for hydroxylation is 1. The second kappa shape index (κ2) is 11.6. The highest BCUT2D eigenvalue weighted by molar-refractivity contribution is 8.01. The van der Waals surface area contributed by atoms with Gasteiger partial charge < -0.3 is 14.5 Å². The van der Waals surface area contributed by atoms with Crippen molar-refractivity contribution in [2.45, 2.75) is 35.8 Å². The van der Waals surface area contributed by atoms with E-state index in [1.807, 2.05) is 79.7 Å². The number of para-hydroxylation sites is 1. The Bertz CT molecular complexity index is 1380. The van der Waals surface area contributed by atoms with Crippen LogP contribution in [0.1, 0.15) is 40.7 Å². The number of Topliss-reactive ketones (excluding diaryl/α,β-unsaturated/α-hetero) is 1. The van der Waals surface area contributed by atoms with Crippen molar-refractivity contribution in [1.82, 2.24) is 4.90 Å². The maximum atomic E-state index is 13.3. The molecule has 3 aromatic rings. The first-order valence-corrected chi connectivity index (χ1v) is 14.3. The fourth-order valence-electron chi connectivity index (χ4n) is 5.33. The summed E-state index contributed by atoms with van der Waals surface area (Å²) in [4.78, 5) is 30.9. The Kier molecular flexibility index (Phi) is 8.06. The highest BCUT2D eigenvalue weighted by Crippen LogP contribution is 2.50. The number of piperidine rings is 1. The molecule has 1 fully saturated rings. The molecule has 1 amide bonds. The third-order valence-corrected chi connectivity index (χ3v) is 9.07. The van der Waals surface area contributed by atoms with E-state index in [2.05, 4.69) is 11.0 Å². The summed E-state index contributed by atoms with van der Waals surface area (Å²) in [7, 11) is 1.72. The predicted octanol–water partition coefficient (Wildman–Crippen LogP) is 5.85. The molecule has 0 spiro atoms. The zero-order valence-corrected chi connectivity index (χ0v) is 23.2. The van der Waals surface area contributed by atoms with Crippen molar-refractivity contribution in [1.29, 1.82) is 5.26 Å². The van der Waals surface area contributed by atoms with Crippen molar-refractivity contribution in [3.63, 3.8) is 0 Å². The normalized spacial score (nSPS) is 19.8. The summed E-state index contributed by atoms with van der Waals surface area (Å²) in [5.41, 5.74) is 3.46. The van der Waals surface area contributed by atoms with Crippen LogP contribution in [-0.2, 0) is 9.54 Å². The lowest BCUT2D eigenvalue weighted by Crippen LogP contribution is -2.45. The van der Waals surface area contributed by atoms with Crippen LogP contribution in [0.3, 0.4) is 0 Å². The number of ether oxygens (including phenoxy) is 1. The van der Waals surface area contributed by atoms with E-state index in [0.29, 0.717) is 12.2 Å². The Balaban J connectivity index is 1.10. The van der Waals surface area contributed by atoms with Crippen molar-refractivity contribution in [3.8, 4) is 11.8 Å². The van der Waals surface area contributed by atoms with Crippen molar-refractivity contribution in [3.05, 3.63) is 89.5 Å². The van der Waals surface area contributed by atoms with Crippen LogP contribution in [0, 0.1) is 24.2 Å². The van der Waals surface area contributed by atoms with Gasteiger partial charge in [-0.15, -0.1) is 0 Å². The van der Waals surface area contributed by atoms with Gasteiger partial charge in [-0.1, -0.05) is 65.9 Å². The maximum Gasteiger partial charge on any atom is 0.262 e. The number of rotatable bonds is 8. The molecule has 2 aliphatic rings. The van der Waals surface area contributed by atoms with E-state index in [1.165, 1.54) is 17.3 Å². The van der Waals surface area contributed by atoms with Gasteiger partial charge in [0.15, 0.2) is 5.78 Å². The number of nitrogens with zero attached hydrogens (tertiary/aromatic N) is 3. The first-order valence-electron chi connectivity index (χ1n) is 13.5. The number of likely N-dealkylation sites (N-methyl/N-ethyl adjacent to an activating group) is 1. The fourth-order valence-corrected chi connectivity index (χ4v) is 6.64. The van der Waals surface area contributed by atoms with E-state index in [1.54, 1.807) is 11.9 Å². The average molecular weight is 540 g/mol. The minimum Gasteiger partial charge on any atom is -0.494 e. The highest BCUT2D eigenvalue weighted by Gasteiger charge is 2.48.